The van der Waals surface area contributed by atoms with Gasteiger partial charge >= 0.3 is 0 Å². The molecule has 3 rings (SSSR count). The van der Waals surface area contributed by atoms with Crippen LogP contribution in [0.4, 0.5) is 0 Å². The van der Waals surface area contributed by atoms with Crippen LogP contribution in [-0.2, 0) is 4.74 Å². The van der Waals surface area contributed by atoms with Crippen LogP contribution in [0.2, 0.25) is 0 Å². The molecule has 0 saturated carbocycles. The fourth-order valence-electron chi connectivity index (χ4n) is 3.38. The van der Waals surface area contributed by atoms with Crippen LogP contribution in [-0.4, -0.2) is 25.4 Å². The Bertz CT molecular complexity index is 813. The van der Waals surface area contributed by atoms with E-state index in [1.165, 1.54) is 5.57 Å². The van der Waals surface area contributed by atoms with Crippen molar-refractivity contribution < 1.29 is 19.0 Å². The van der Waals surface area contributed by atoms with Gasteiger partial charge in [0.2, 0.25) is 5.75 Å². The van der Waals surface area contributed by atoms with Crippen LogP contribution in [0.1, 0.15) is 25.8 Å². The minimum Gasteiger partial charge on any atom is -0.591 e. The minimum absolute atomic E-state index is 0.0558. The van der Waals surface area contributed by atoms with Crippen molar-refractivity contribution in [3.63, 3.8) is 0 Å². The molecule has 4 heteroatoms. The summed E-state index contributed by atoms with van der Waals surface area (Å²) in [6, 6.07) is 7.46. The molecule has 0 spiro atoms. The SMILES string of the molecule is CCC1=CC(c2ccoc2-c2ccc(OC)c([OH2+])c2)=CC(OC)C1C. The first-order chi connectivity index (χ1) is 12.1. The molecule has 0 bridgehead atoms. The third-order valence-electron chi connectivity index (χ3n) is 4.88. The van der Waals surface area contributed by atoms with Crippen LogP contribution in [0.3, 0.4) is 0 Å². The third kappa shape index (κ3) is 3.22. The minimum atomic E-state index is 0.0558. The molecule has 0 saturated heterocycles. The molecular formula is C21H25O4+. The number of ether oxygens (including phenoxy) is 2. The lowest BCUT2D eigenvalue weighted by molar-refractivity contribution is 0.107. The van der Waals surface area contributed by atoms with Gasteiger partial charge in [0, 0.05) is 30.2 Å². The lowest BCUT2D eigenvalue weighted by Crippen LogP contribution is -2.23. The summed E-state index contributed by atoms with van der Waals surface area (Å²) in [6.07, 6.45) is 7.13. The predicted molar refractivity (Wildman–Crippen MR) is 100 cm³/mol. The summed E-state index contributed by atoms with van der Waals surface area (Å²) in [6.45, 7) is 4.37. The van der Waals surface area contributed by atoms with Gasteiger partial charge < -0.3 is 19.0 Å². The number of hydrogen-bond acceptors (Lipinski definition) is 3. The van der Waals surface area contributed by atoms with Gasteiger partial charge in [0.05, 0.1) is 19.5 Å². The fourth-order valence-corrected chi connectivity index (χ4v) is 3.38. The van der Waals surface area contributed by atoms with Gasteiger partial charge in [-0.3, -0.25) is 0 Å². The van der Waals surface area contributed by atoms with Crippen molar-refractivity contribution in [2.45, 2.75) is 26.4 Å². The maximum atomic E-state index is 8.07. The summed E-state index contributed by atoms with van der Waals surface area (Å²) in [7, 11) is 3.32. The molecule has 4 nitrogen and oxygen atoms in total. The first-order valence-electron chi connectivity index (χ1n) is 8.52. The Balaban J connectivity index is 2.04. The van der Waals surface area contributed by atoms with Gasteiger partial charge in [-0.25, -0.2) is 0 Å². The van der Waals surface area contributed by atoms with E-state index in [-0.39, 0.29) is 6.10 Å². The Labute approximate surface area is 148 Å². The number of furan rings is 1. The van der Waals surface area contributed by atoms with E-state index in [2.05, 4.69) is 26.0 Å². The molecule has 0 amide bonds. The van der Waals surface area contributed by atoms with Crippen molar-refractivity contribution in [3.8, 4) is 22.8 Å². The first-order valence-corrected chi connectivity index (χ1v) is 8.52. The van der Waals surface area contributed by atoms with E-state index in [1.54, 1.807) is 32.6 Å². The Morgan fingerprint density at radius 3 is 2.64 bits per heavy atom. The quantitative estimate of drug-likeness (QED) is 0.736. The van der Waals surface area contributed by atoms with Gasteiger partial charge in [-0.2, -0.15) is 0 Å². The van der Waals surface area contributed by atoms with Gasteiger partial charge in [-0.05, 0) is 36.3 Å². The van der Waals surface area contributed by atoms with Gasteiger partial charge in [0.25, 0.3) is 5.75 Å². The molecular weight excluding hydrogens is 316 g/mol. The van der Waals surface area contributed by atoms with E-state index in [4.69, 9.17) is 19.0 Å². The highest BCUT2D eigenvalue weighted by atomic mass is 16.5. The third-order valence-corrected chi connectivity index (χ3v) is 4.88. The molecule has 132 valence electrons. The van der Waals surface area contributed by atoms with E-state index in [0.717, 1.165) is 28.9 Å². The smallest absolute Gasteiger partial charge is 0.297 e. The molecule has 25 heavy (non-hydrogen) atoms. The Hall–Kier alpha value is -2.46. The number of allylic oxidation sites excluding steroid dienone is 2. The second-order valence-electron chi connectivity index (χ2n) is 6.26. The summed E-state index contributed by atoms with van der Waals surface area (Å²) in [4.78, 5) is 0. The van der Waals surface area contributed by atoms with Crippen molar-refractivity contribution in [1.29, 1.82) is 0 Å². The Morgan fingerprint density at radius 2 is 2.00 bits per heavy atom. The van der Waals surface area contributed by atoms with Crippen molar-refractivity contribution in [3.05, 3.63) is 53.8 Å². The summed E-state index contributed by atoms with van der Waals surface area (Å²) >= 11 is 0. The van der Waals surface area contributed by atoms with Gasteiger partial charge in [0.15, 0.2) is 0 Å². The van der Waals surface area contributed by atoms with Crippen LogP contribution < -0.4 is 4.74 Å². The molecule has 1 aromatic heterocycles. The van der Waals surface area contributed by atoms with Crippen molar-refractivity contribution >= 4 is 5.57 Å². The van der Waals surface area contributed by atoms with Crippen LogP contribution in [0, 0.1) is 5.92 Å². The van der Waals surface area contributed by atoms with E-state index < -0.39 is 0 Å². The van der Waals surface area contributed by atoms with Crippen molar-refractivity contribution in [2.24, 2.45) is 5.92 Å². The Morgan fingerprint density at radius 1 is 1.20 bits per heavy atom. The van der Waals surface area contributed by atoms with Gasteiger partial charge in [0.1, 0.15) is 5.76 Å². The van der Waals surface area contributed by atoms with Crippen LogP contribution >= 0.6 is 0 Å². The first kappa shape index (κ1) is 17.4. The molecule has 2 aromatic rings. The zero-order valence-corrected chi connectivity index (χ0v) is 15.1. The van der Waals surface area contributed by atoms with Crippen LogP contribution in [0.5, 0.6) is 11.5 Å². The second-order valence-corrected chi connectivity index (χ2v) is 6.26. The van der Waals surface area contributed by atoms with Crippen molar-refractivity contribution in [1.82, 2.24) is 0 Å². The lowest BCUT2D eigenvalue weighted by Gasteiger charge is -2.27. The average Bonchev–Trinajstić information content (AvgIpc) is 3.11. The van der Waals surface area contributed by atoms with Crippen molar-refractivity contribution in [2.75, 3.05) is 14.2 Å². The molecule has 0 radical (unpaired) electrons. The number of hydrogen-bond donors (Lipinski definition) is 0. The average molecular weight is 341 g/mol. The Kier molecular flexibility index (Phi) is 5.00. The molecule has 2 atom stereocenters. The second kappa shape index (κ2) is 7.19. The monoisotopic (exact) mass is 341 g/mol. The molecule has 1 aliphatic rings. The number of rotatable bonds is 5. The van der Waals surface area contributed by atoms with Gasteiger partial charge in [-0.1, -0.05) is 25.5 Å². The predicted octanol–water partition coefficient (Wildman–Crippen LogP) is 4.78. The summed E-state index contributed by atoms with van der Waals surface area (Å²) in [5.74, 6) is 2.02. The highest BCUT2D eigenvalue weighted by molar-refractivity contribution is 5.85. The summed E-state index contributed by atoms with van der Waals surface area (Å²) in [5.41, 5.74) is 4.36. The van der Waals surface area contributed by atoms with E-state index in [0.29, 0.717) is 17.4 Å². The zero-order valence-electron chi connectivity index (χ0n) is 15.1. The maximum absolute atomic E-state index is 8.07. The van der Waals surface area contributed by atoms with Crippen LogP contribution in [0.25, 0.3) is 16.9 Å². The zero-order chi connectivity index (χ0) is 18.0. The molecule has 0 fully saturated rings. The van der Waals surface area contributed by atoms with E-state index >= 15 is 0 Å². The summed E-state index contributed by atoms with van der Waals surface area (Å²) in [5, 5.41) is 8.07. The fraction of sp³-hybridized carbons (Fsp3) is 0.333. The van der Waals surface area contributed by atoms with E-state index in [9.17, 15) is 0 Å². The van der Waals surface area contributed by atoms with Crippen LogP contribution in [0.15, 0.2) is 52.7 Å². The normalized spacial score (nSPS) is 20.2. The summed E-state index contributed by atoms with van der Waals surface area (Å²) < 4.78 is 16.6. The van der Waals surface area contributed by atoms with E-state index in [1.807, 2.05) is 12.1 Å². The van der Waals surface area contributed by atoms with Gasteiger partial charge in [-0.15, -0.1) is 0 Å². The lowest BCUT2D eigenvalue weighted by atomic mass is 9.84. The largest absolute Gasteiger partial charge is 0.591 e. The molecule has 0 aliphatic heterocycles. The molecule has 1 heterocycles. The maximum Gasteiger partial charge on any atom is 0.297 e. The molecule has 1 aromatic carbocycles. The standard InChI is InChI=1S/C21H24O4/c1-5-14-10-16(12-20(24-4)13(14)2)17-8-9-25-21(17)15-6-7-19(23-3)18(22)11-15/h6-13,20,22H,5H2,1-4H3/p+1. The number of benzene rings is 1. The number of methoxy groups -OCH3 is 2. The molecule has 2 N–H and O–H groups in total. The topological polar surface area (TPSA) is 54.5 Å². The molecule has 1 aliphatic carbocycles. The highest BCUT2D eigenvalue weighted by Gasteiger charge is 2.25. The highest BCUT2D eigenvalue weighted by Crippen LogP contribution is 2.39. The molecule has 2 unspecified atom stereocenters.